The fourth-order valence-electron chi connectivity index (χ4n) is 2.63. The Labute approximate surface area is 211 Å². The maximum absolute atomic E-state index is 12.1. The van der Waals surface area contributed by atoms with Gasteiger partial charge in [-0.05, 0) is 0 Å². The van der Waals surface area contributed by atoms with E-state index in [-0.39, 0.29) is 50.6 Å². The Morgan fingerprint density at radius 3 is 1.15 bits per heavy atom. The number of rotatable bonds is 6. The third-order valence-corrected chi connectivity index (χ3v) is 10.2. The molecule has 0 aromatic heterocycles. The number of nitrogens with two attached hydrogens (primary N) is 2. The molecule has 0 radical (unpaired) electrons. The molecule has 2 heterocycles. The molecule has 12 nitrogen and oxygen atoms in total. The molecule has 1 aromatic carbocycles. The molecule has 0 spiro atoms. The number of nitrogens with zero attached hydrogens (tertiary/aromatic N) is 2. The van der Waals surface area contributed by atoms with Crippen LogP contribution in [0.4, 0.5) is 11.4 Å². The number of benzene rings is 1. The smallest absolute Gasteiger partial charge is 0.261 e. The molecular formula is C16H12N6O6S6. The minimum absolute atomic E-state index is 0.0232. The van der Waals surface area contributed by atoms with Crippen molar-refractivity contribution in [3.05, 3.63) is 19.6 Å². The van der Waals surface area contributed by atoms with E-state index in [2.05, 4.69) is 9.44 Å². The second kappa shape index (κ2) is 9.29. The Bertz CT molecular complexity index is 1370. The highest BCUT2D eigenvalue weighted by atomic mass is 32.2. The van der Waals surface area contributed by atoms with Crippen LogP contribution >= 0.6 is 47.0 Å². The Hall–Kier alpha value is -2.48. The molecule has 0 aliphatic carbocycles. The first kappa shape index (κ1) is 26.1. The number of fused-ring (bicyclic) bond motifs is 2. The second-order valence-electron chi connectivity index (χ2n) is 6.50. The van der Waals surface area contributed by atoms with E-state index in [4.69, 9.17) is 11.5 Å². The number of primary amides is 2. The fraction of sp³-hybridized carbons (Fsp3) is 0.125. The van der Waals surface area contributed by atoms with Crippen LogP contribution in [0.1, 0.15) is 0 Å². The molecule has 3 rings (SSSR count). The molecule has 2 amide bonds. The van der Waals surface area contributed by atoms with Crippen LogP contribution in [0.25, 0.3) is 0 Å². The number of amides is 2. The van der Waals surface area contributed by atoms with E-state index < -0.39 is 31.9 Å². The molecule has 0 saturated carbocycles. The number of carbonyl (C=O) groups excluding carboxylic acids is 2. The van der Waals surface area contributed by atoms with Crippen molar-refractivity contribution in [3.63, 3.8) is 0 Å². The van der Waals surface area contributed by atoms with E-state index in [9.17, 15) is 36.9 Å². The monoisotopic (exact) mass is 576 g/mol. The summed E-state index contributed by atoms with van der Waals surface area (Å²) >= 11 is 3.42. The van der Waals surface area contributed by atoms with Crippen molar-refractivity contribution < 1.29 is 26.4 Å². The summed E-state index contributed by atoms with van der Waals surface area (Å²) in [4.78, 5) is 24.3. The predicted octanol–water partition coefficient (Wildman–Crippen LogP) is 1.27. The quantitative estimate of drug-likeness (QED) is 0.213. The van der Waals surface area contributed by atoms with Gasteiger partial charge in [-0.25, -0.2) is 16.8 Å². The van der Waals surface area contributed by atoms with Gasteiger partial charge in [0.1, 0.15) is 23.3 Å². The van der Waals surface area contributed by atoms with Gasteiger partial charge in [-0.2, -0.15) is 10.5 Å². The molecule has 0 unspecified atom stereocenters. The first-order chi connectivity index (χ1) is 15.7. The highest BCUT2D eigenvalue weighted by Gasteiger charge is 2.38. The summed E-state index contributed by atoms with van der Waals surface area (Å²) in [6.07, 6.45) is 1.80. The average molecular weight is 577 g/mol. The third kappa shape index (κ3) is 5.27. The summed E-state index contributed by atoms with van der Waals surface area (Å²) in [5.41, 5.74) is 9.83. The number of hydrogen-bond acceptors (Lipinski definition) is 12. The fourth-order valence-corrected chi connectivity index (χ4v) is 9.53. The molecule has 0 fully saturated rings. The Kier molecular flexibility index (Phi) is 7.14. The predicted molar refractivity (Wildman–Crippen MR) is 130 cm³/mol. The van der Waals surface area contributed by atoms with E-state index in [0.717, 1.165) is 59.6 Å². The molecule has 0 saturated heterocycles. The van der Waals surface area contributed by atoms with Gasteiger partial charge in [-0.3, -0.25) is 19.0 Å². The van der Waals surface area contributed by atoms with Crippen LogP contribution in [0.2, 0.25) is 0 Å². The number of sulfonamides is 2. The van der Waals surface area contributed by atoms with Gasteiger partial charge < -0.3 is 11.5 Å². The number of anilines is 2. The summed E-state index contributed by atoms with van der Waals surface area (Å²) in [7, 11) is -7.73. The van der Waals surface area contributed by atoms with Crippen LogP contribution in [0.3, 0.4) is 0 Å². The van der Waals surface area contributed by atoms with Gasteiger partial charge in [0.25, 0.3) is 11.8 Å². The molecule has 6 N–H and O–H groups in total. The van der Waals surface area contributed by atoms with Crippen LogP contribution in [-0.4, -0.2) is 41.2 Å². The van der Waals surface area contributed by atoms with Crippen LogP contribution < -0.4 is 20.9 Å². The first-order valence-corrected chi connectivity index (χ1v) is 15.5. The van der Waals surface area contributed by atoms with E-state index in [1.165, 1.54) is 0 Å². The summed E-state index contributed by atoms with van der Waals surface area (Å²) in [6, 6.07) is 3.39. The maximum atomic E-state index is 12.1. The highest BCUT2D eigenvalue weighted by molar-refractivity contribution is 8.26. The number of hydrogen-bond donors (Lipinski definition) is 4. The maximum Gasteiger partial charge on any atom is 0.261 e. The molecule has 178 valence electrons. The van der Waals surface area contributed by atoms with Crippen molar-refractivity contribution in [2.45, 2.75) is 19.6 Å². The Morgan fingerprint density at radius 1 is 0.706 bits per heavy atom. The Balaban J connectivity index is 2.41. The van der Waals surface area contributed by atoms with Gasteiger partial charge in [-0.15, -0.1) is 0 Å². The van der Waals surface area contributed by atoms with Gasteiger partial charge >= 0.3 is 0 Å². The lowest BCUT2D eigenvalue weighted by Gasteiger charge is -2.17. The van der Waals surface area contributed by atoms with Crippen molar-refractivity contribution in [2.24, 2.45) is 11.5 Å². The third-order valence-electron chi connectivity index (χ3n) is 3.80. The molecule has 1 aromatic rings. The molecule has 18 heteroatoms. The molecule has 34 heavy (non-hydrogen) atoms. The summed E-state index contributed by atoms with van der Waals surface area (Å²) in [5, 5.41) is 18.7. The lowest BCUT2D eigenvalue weighted by Crippen LogP contribution is -2.14. The zero-order valence-electron chi connectivity index (χ0n) is 16.9. The molecule has 0 bridgehead atoms. The van der Waals surface area contributed by atoms with Crippen molar-refractivity contribution in [1.29, 1.82) is 10.5 Å². The van der Waals surface area contributed by atoms with Crippen molar-refractivity contribution >= 4 is 90.3 Å². The van der Waals surface area contributed by atoms with Gasteiger partial charge in [0.15, 0.2) is 0 Å². The zero-order chi connectivity index (χ0) is 25.6. The molecular weight excluding hydrogens is 565 g/mol. The van der Waals surface area contributed by atoms with Crippen molar-refractivity contribution in [3.8, 4) is 12.1 Å². The van der Waals surface area contributed by atoms with Gasteiger partial charge in [0.2, 0.25) is 20.0 Å². The number of nitriles is 2. The van der Waals surface area contributed by atoms with Gasteiger partial charge in [-0.1, -0.05) is 47.0 Å². The first-order valence-electron chi connectivity index (χ1n) is 8.46. The normalized spacial score (nSPS) is 14.5. The molecule has 2 aliphatic rings. The van der Waals surface area contributed by atoms with E-state index in [0.29, 0.717) is 0 Å². The largest absolute Gasteiger partial charge is 0.365 e. The van der Waals surface area contributed by atoms with Crippen molar-refractivity contribution in [1.82, 2.24) is 0 Å². The van der Waals surface area contributed by atoms with E-state index in [1.54, 1.807) is 12.1 Å². The number of carbonyl (C=O) groups is 2. The van der Waals surface area contributed by atoms with Crippen LogP contribution in [0.15, 0.2) is 39.2 Å². The molecule has 0 atom stereocenters. The summed E-state index contributed by atoms with van der Waals surface area (Å²) in [6.45, 7) is 0. The van der Waals surface area contributed by atoms with Crippen LogP contribution in [0, 0.1) is 22.7 Å². The van der Waals surface area contributed by atoms with Gasteiger partial charge in [0.05, 0.1) is 51.9 Å². The van der Waals surface area contributed by atoms with E-state index in [1.807, 2.05) is 0 Å². The Morgan fingerprint density at radius 2 is 0.971 bits per heavy atom. The number of thioether (sulfide) groups is 4. The lowest BCUT2D eigenvalue weighted by atomic mass is 10.3. The number of nitrogens with one attached hydrogen (secondary N) is 2. The van der Waals surface area contributed by atoms with Crippen LogP contribution in [0.5, 0.6) is 0 Å². The van der Waals surface area contributed by atoms with Gasteiger partial charge in [0, 0.05) is 0 Å². The van der Waals surface area contributed by atoms with Crippen molar-refractivity contribution in [2.75, 3.05) is 22.0 Å². The zero-order valence-corrected chi connectivity index (χ0v) is 21.8. The summed E-state index contributed by atoms with van der Waals surface area (Å²) < 4.78 is 53.6. The highest BCUT2D eigenvalue weighted by Crippen LogP contribution is 2.67. The topological polar surface area (TPSA) is 226 Å². The SMILES string of the molecule is CS(=O)(=O)Nc1c2c(c(NS(C)(=O)=O)c3c1SC(=C(C#N)C(N)=O)S3)SC(=C(C#N)C(N)=O)S2. The summed E-state index contributed by atoms with van der Waals surface area (Å²) in [5.74, 6) is -2.02. The minimum Gasteiger partial charge on any atom is -0.365 e. The van der Waals surface area contributed by atoms with E-state index >= 15 is 0 Å². The molecule has 2 aliphatic heterocycles. The lowest BCUT2D eigenvalue weighted by molar-refractivity contribution is -0.115. The second-order valence-corrected chi connectivity index (χ2v) is 14.6. The standard InChI is InChI=1S/C16H12N6O6S6/c1-33(25,26)21-7-9-11(31-15(29-9)5(3-17)13(19)23)8(22-34(2,27)28)12-10(7)30-16(32-12)6(4-18)14(20)24/h21-22H,1-2H3,(H2,19,23)(H2,20,24). The minimum atomic E-state index is -3.87. The van der Waals surface area contributed by atoms with Crippen LogP contribution in [-0.2, 0) is 29.6 Å². The average Bonchev–Trinajstić information content (AvgIpc) is 3.28.